The Balaban J connectivity index is 1.26. The molecule has 0 saturated carbocycles. The SMILES string of the molecule is c1ccc2cc3c(cc2c1)oc1c(-c2ccc4sc5ccccc5c4c2)ccc(-c2ccc4ccc5cccc6ccc2c4c56)c13. The second kappa shape index (κ2) is 8.94. The topological polar surface area (TPSA) is 13.1 Å². The summed E-state index contributed by atoms with van der Waals surface area (Å²) in [5, 5.41) is 15.1. The number of rotatable bonds is 2. The quantitative estimate of drug-likeness (QED) is 0.180. The molecule has 2 aromatic heterocycles. The first-order valence-electron chi connectivity index (χ1n) is 15.8. The Morgan fingerprint density at radius 3 is 1.93 bits per heavy atom. The van der Waals surface area contributed by atoms with Crippen molar-refractivity contribution in [1.82, 2.24) is 0 Å². The Kier molecular flexibility index (Phi) is 4.78. The van der Waals surface area contributed by atoms with Crippen molar-refractivity contribution in [2.75, 3.05) is 0 Å². The summed E-state index contributed by atoms with van der Waals surface area (Å²) in [6.07, 6.45) is 0. The van der Waals surface area contributed by atoms with Crippen LogP contribution in [-0.2, 0) is 0 Å². The fraction of sp³-hybridized carbons (Fsp3) is 0. The zero-order valence-electron chi connectivity index (χ0n) is 24.7. The second-order valence-corrected chi connectivity index (χ2v) is 13.5. The average molecular weight is 601 g/mol. The van der Waals surface area contributed by atoms with Crippen LogP contribution in [0.3, 0.4) is 0 Å². The van der Waals surface area contributed by atoms with Gasteiger partial charge in [-0.25, -0.2) is 0 Å². The molecule has 2 heteroatoms. The minimum atomic E-state index is 0.919. The number of hydrogen-bond acceptors (Lipinski definition) is 2. The lowest BCUT2D eigenvalue weighted by atomic mass is 9.87. The van der Waals surface area contributed by atoms with Crippen molar-refractivity contribution >= 4 is 96.5 Å². The van der Waals surface area contributed by atoms with Gasteiger partial charge in [0, 0.05) is 36.5 Å². The monoisotopic (exact) mass is 600 g/mol. The molecule has 0 aliphatic rings. The molecule has 0 amide bonds. The minimum Gasteiger partial charge on any atom is -0.455 e. The molecule has 1 nitrogen and oxygen atoms in total. The molecule has 0 fully saturated rings. The van der Waals surface area contributed by atoms with E-state index in [9.17, 15) is 0 Å². The van der Waals surface area contributed by atoms with Crippen LogP contribution in [-0.4, -0.2) is 0 Å². The molecule has 0 N–H and O–H groups in total. The molecule has 11 rings (SSSR count). The predicted octanol–water partition coefficient (Wildman–Crippen LogP) is 13.3. The molecule has 0 radical (unpaired) electrons. The molecule has 0 atom stereocenters. The molecule has 0 unspecified atom stereocenters. The fourth-order valence-electron chi connectivity index (χ4n) is 7.88. The molecule has 11 aromatic rings. The van der Waals surface area contributed by atoms with Gasteiger partial charge in [-0.1, -0.05) is 109 Å². The van der Waals surface area contributed by atoms with E-state index < -0.39 is 0 Å². The van der Waals surface area contributed by atoms with E-state index >= 15 is 0 Å². The number of furan rings is 1. The van der Waals surface area contributed by atoms with Crippen molar-refractivity contribution < 1.29 is 4.42 Å². The summed E-state index contributed by atoms with van der Waals surface area (Å²) >= 11 is 1.85. The van der Waals surface area contributed by atoms with Gasteiger partial charge in [-0.05, 0) is 96.2 Å². The third-order valence-corrected chi connectivity index (χ3v) is 11.1. The van der Waals surface area contributed by atoms with E-state index in [-0.39, 0.29) is 0 Å². The Hall–Kier alpha value is -5.70. The molecular weight excluding hydrogens is 577 g/mol. The number of thiophene rings is 1. The zero-order chi connectivity index (χ0) is 29.9. The predicted molar refractivity (Wildman–Crippen MR) is 199 cm³/mol. The Morgan fingerprint density at radius 1 is 0.370 bits per heavy atom. The lowest BCUT2D eigenvalue weighted by molar-refractivity contribution is 0.670. The molecule has 0 aliphatic heterocycles. The van der Waals surface area contributed by atoms with Gasteiger partial charge in [-0.15, -0.1) is 11.3 Å². The Morgan fingerprint density at radius 2 is 1.04 bits per heavy atom. The van der Waals surface area contributed by atoms with Crippen molar-refractivity contribution in [2.24, 2.45) is 0 Å². The summed E-state index contributed by atoms with van der Waals surface area (Å²) in [7, 11) is 0. The van der Waals surface area contributed by atoms with Crippen molar-refractivity contribution in [3.63, 3.8) is 0 Å². The van der Waals surface area contributed by atoms with Gasteiger partial charge in [0.25, 0.3) is 0 Å². The highest BCUT2D eigenvalue weighted by Gasteiger charge is 2.21. The number of hydrogen-bond donors (Lipinski definition) is 0. The first kappa shape index (κ1) is 24.6. The lowest BCUT2D eigenvalue weighted by Gasteiger charge is -2.15. The van der Waals surface area contributed by atoms with E-state index in [0.29, 0.717) is 0 Å². The first-order chi connectivity index (χ1) is 22.8. The highest BCUT2D eigenvalue weighted by atomic mass is 32.1. The molecule has 9 aromatic carbocycles. The second-order valence-electron chi connectivity index (χ2n) is 12.4. The third-order valence-electron chi connectivity index (χ3n) is 9.99. The van der Waals surface area contributed by atoms with Gasteiger partial charge >= 0.3 is 0 Å². The normalized spacial score (nSPS) is 12.3. The van der Waals surface area contributed by atoms with Gasteiger partial charge in [-0.3, -0.25) is 0 Å². The van der Waals surface area contributed by atoms with Gasteiger partial charge in [0.05, 0.1) is 0 Å². The van der Waals surface area contributed by atoms with Gasteiger partial charge in [0.2, 0.25) is 0 Å². The van der Waals surface area contributed by atoms with Crippen LogP contribution in [0.15, 0.2) is 150 Å². The molecule has 0 aliphatic carbocycles. The summed E-state index contributed by atoms with van der Waals surface area (Å²) < 4.78 is 9.54. The molecule has 212 valence electrons. The summed E-state index contributed by atoms with van der Waals surface area (Å²) in [5.74, 6) is 0. The summed E-state index contributed by atoms with van der Waals surface area (Å²) in [4.78, 5) is 0. The van der Waals surface area contributed by atoms with Crippen LogP contribution in [0.2, 0.25) is 0 Å². The number of fused-ring (bicyclic) bond motifs is 7. The maximum atomic E-state index is 6.92. The van der Waals surface area contributed by atoms with Crippen molar-refractivity contribution in [2.45, 2.75) is 0 Å². The van der Waals surface area contributed by atoms with E-state index in [1.54, 1.807) is 0 Å². The van der Waals surface area contributed by atoms with Crippen LogP contribution in [0.1, 0.15) is 0 Å². The Labute approximate surface area is 267 Å². The maximum Gasteiger partial charge on any atom is 0.143 e. The number of benzene rings is 9. The van der Waals surface area contributed by atoms with Gasteiger partial charge < -0.3 is 4.42 Å². The standard InChI is InChI=1S/C44H24OS/c1-2-7-29-24-38-37(22-28(29)6-1)43-35(32-17-14-27-13-12-25-8-5-9-26-15-18-34(32)42(27)41(25)26)20-19-31(44(43)45-38)30-16-21-40-36(23-30)33-10-3-4-11-39(33)46-40/h1-24H. The van der Waals surface area contributed by atoms with E-state index in [2.05, 4.69) is 146 Å². The third kappa shape index (κ3) is 3.29. The highest BCUT2D eigenvalue weighted by molar-refractivity contribution is 7.25. The lowest BCUT2D eigenvalue weighted by Crippen LogP contribution is -1.89. The van der Waals surface area contributed by atoms with Crippen LogP contribution in [0, 0.1) is 0 Å². The van der Waals surface area contributed by atoms with Crippen molar-refractivity contribution in [3.05, 3.63) is 146 Å². The van der Waals surface area contributed by atoms with E-state index in [4.69, 9.17) is 4.42 Å². The molecule has 0 saturated heterocycles. The van der Waals surface area contributed by atoms with E-state index in [0.717, 1.165) is 22.1 Å². The van der Waals surface area contributed by atoms with E-state index in [1.807, 2.05) is 11.3 Å². The zero-order valence-corrected chi connectivity index (χ0v) is 25.5. The fourth-order valence-corrected chi connectivity index (χ4v) is 8.97. The molecule has 46 heavy (non-hydrogen) atoms. The van der Waals surface area contributed by atoms with Gasteiger partial charge in [0.1, 0.15) is 11.2 Å². The van der Waals surface area contributed by atoms with Crippen LogP contribution in [0.25, 0.3) is 107 Å². The molecule has 0 bridgehead atoms. The summed E-state index contributed by atoms with van der Waals surface area (Å²) in [6, 6.07) is 53.6. The maximum absolute atomic E-state index is 6.92. The van der Waals surface area contributed by atoms with Crippen LogP contribution >= 0.6 is 11.3 Å². The molecule has 2 heterocycles. The smallest absolute Gasteiger partial charge is 0.143 e. The summed E-state index contributed by atoms with van der Waals surface area (Å²) in [5.41, 5.74) is 6.58. The van der Waals surface area contributed by atoms with Crippen LogP contribution < -0.4 is 0 Å². The first-order valence-corrected chi connectivity index (χ1v) is 16.6. The van der Waals surface area contributed by atoms with Crippen molar-refractivity contribution in [3.8, 4) is 22.3 Å². The largest absolute Gasteiger partial charge is 0.455 e. The van der Waals surface area contributed by atoms with Crippen molar-refractivity contribution in [1.29, 1.82) is 0 Å². The Bertz CT molecular complexity index is 3010. The minimum absolute atomic E-state index is 0.919. The van der Waals surface area contributed by atoms with Crippen LogP contribution in [0.4, 0.5) is 0 Å². The average Bonchev–Trinajstić information content (AvgIpc) is 3.67. The summed E-state index contributed by atoms with van der Waals surface area (Å²) in [6.45, 7) is 0. The molecule has 0 spiro atoms. The molecular formula is C44H24OS. The van der Waals surface area contributed by atoms with Crippen LogP contribution in [0.5, 0.6) is 0 Å². The highest BCUT2D eigenvalue weighted by Crippen LogP contribution is 2.47. The van der Waals surface area contributed by atoms with E-state index in [1.165, 1.54) is 85.3 Å². The van der Waals surface area contributed by atoms with Gasteiger partial charge in [0.15, 0.2) is 0 Å². The van der Waals surface area contributed by atoms with Gasteiger partial charge in [-0.2, -0.15) is 0 Å².